The lowest BCUT2D eigenvalue weighted by Crippen LogP contribution is -2.32. The second kappa shape index (κ2) is 2.76. The van der Waals surface area contributed by atoms with Crippen molar-refractivity contribution in [2.24, 2.45) is 5.92 Å². The highest BCUT2D eigenvalue weighted by Crippen LogP contribution is 2.67. The summed E-state index contributed by atoms with van der Waals surface area (Å²) in [6.45, 7) is 4.37. The molecule has 2 fully saturated rings. The van der Waals surface area contributed by atoms with Crippen LogP contribution in [0.3, 0.4) is 0 Å². The van der Waals surface area contributed by atoms with Gasteiger partial charge in [0.05, 0.1) is 5.69 Å². The highest BCUT2D eigenvalue weighted by Gasteiger charge is 2.67. The van der Waals surface area contributed by atoms with Crippen molar-refractivity contribution in [1.82, 2.24) is 9.88 Å². The molecule has 2 atom stereocenters. The lowest BCUT2D eigenvalue weighted by Gasteiger charge is -2.27. The van der Waals surface area contributed by atoms with Gasteiger partial charge in [-0.3, -0.25) is 9.59 Å². The van der Waals surface area contributed by atoms with E-state index >= 15 is 0 Å². The van der Waals surface area contributed by atoms with Gasteiger partial charge in [0.2, 0.25) is 11.7 Å². The number of ketones is 1. The first-order chi connectivity index (χ1) is 8.55. The Hall–Kier alpha value is -1.84. The molecule has 18 heavy (non-hydrogen) atoms. The number of H-pyrrole nitrogens is 1. The molecule has 1 amide bonds. The Morgan fingerprint density at radius 1 is 1.56 bits per heavy atom. The summed E-state index contributed by atoms with van der Waals surface area (Å²) >= 11 is 0. The van der Waals surface area contributed by atoms with E-state index in [-0.39, 0.29) is 17.1 Å². The molecule has 1 aromatic rings. The van der Waals surface area contributed by atoms with E-state index in [4.69, 9.17) is 0 Å². The molecule has 1 N–H and O–H groups in total. The quantitative estimate of drug-likeness (QED) is 0.750. The van der Waals surface area contributed by atoms with Crippen LogP contribution in [-0.2, 0) is 10.2 Å². The minimum absolute atomic E-state index is 0.00229. The Kier molecular flexibility index (Phi) is 1.55. The number of amides is 1. The first-order valence-corrected chi connectivity index (χ1v) is 6.29. The molecule has 2 aliphatic carbocycles. The molecule has 4 heteroatoms. The van der Waals surface area contributed by atoms with Crippen molar-refractivity contribution in [1.29, 1.82) is 0 Å². The van der Waals surface area contributed by atoms with E-state index in [0.29, 0.717) is 5.92 Å². The monoisotopic (exact) mass is 242 g/mol. The average Bonchev–Trinajstić information content (AvgIpc) is 2.70. The molecule has 4 nitrogen and oxygen atoms in total. The third-order valence-corrected chi connectivity index (χ3v) is 4.67. The topological polar surface area (TPSA) is 53.2 Å². The van der Waals surface area contributed by atoms with Crippen molar-refractivity contribution in [3.8, 4) is 0 Å². The van der Waals surface area contributed by atoms with Crippen LogP contribution < -0.4 is 0 Å². The van der Waals surface area contributed by atoms with Gasteiger partial charge in [0, 0.05) is 36.9 Å². The van der Waals surface area contributed by atoms with Gasteiger partial charge in [-0.1, -0.05) is 0 Å². The van der Waals surface area contributed by atoms with Gasteiger partial charge < -0.3 is 9.88 Å². The molecule has 1 spiro atoms. The molecule has 92 valence electrons. The number of carbonyl (C=O) groups excluding carboxylic acids is 2. The number of fused-ring (bicyclic) bond motifs is 1. The molecule has 0 radical (unpaired) electrons. The summed E-state index contributed by atoms with van der Waals surface area (Å²) in [5.74, 6) is 0.531. The van der Waals surface area contributed by atoms with Gasteiger partial charge in [-0.2, -0.15) is 0 Å². The van der Waals surface area contributed by atoms with Crippen molar-refractivity contribution in [3.63, 3.8) is 0 Å². The standard InChI is InChI=1S/C14H14N2O2/c1-7-5-15-13-10(18)3-11-14(12(7)13)4-9(14)6-16(11)8(2)17/h3,5,9,15H,4,6H2,1-2H3/t9-,14+/m1/s1. The molecule has 4 rings (SSSR count). The number of piperidine rings is 1. The summed E-state index contributed by atoms with van der Waals surface area (Å²) in [4.78, 5) is 28.7. The van der Waals surface area contributed by atoms with E-state index < -0.39 is 0 Å². The van der Waals surface area contributed by atoms with Gasteiger partial charge in [-0.15, -0.1) is 0 Å². The number of nitrogens with zero attached hydrogens (tertiary/aromatic N) is 1. The maximum Gasteiger partial charge on any atom is 0.223 e. The number of aromatic nitrogens is 1. The molecular formula is C14H14N2O2. The number of rotatable bonds is 0. The van der Waals surface area contributed by atoms with Crippen LogP contribution in [0.15, 0.2) is 18.0 Å². The third-order valence-electron chi connectivity index (χ3n) is 4.67. The van der Waals surface area contributed by atoms with Crippen molar-refractivity contribution in [2.75, 3.05) is 6.54 Å². The molecule has 1 aliphatic heterocycles. The second-order valence-corrected chi connectivity index (χ2v) is 5.62. The first kappa shape index (κ1) is 10.1. The second-order valence-electron chi connectivity index (χ2n) is 5.62. The van der Waals surface area contributed by atoms with Gasteiger partial charge in [0.15, 0.2) is 0 Å². The molecule has 2 heterocycles. The number of allylic oxidation sites excluding steroid dienone is 2. The number of hydrogen-bond donors (Lipinski definition) is 1. The first-order valence-electron chi connectivity index (χ1n) is 6.29. The van der Waals surface area contributed by atoms with Gasteiger partial charge in [-0.05, 0) is 30.4 Å². The number of aromatic amines is 1. The Labute approximate surface area is 105 Å². The summed E-state index contributed by atoms with van der Waals surface area (Å²) in [5, 5.41) is 0. The molecule has 1 saturated heterocycles. The summed E-state index contributed by atoms with van der Waals surface area (Å²) in [6, 6.07) is 0. The molecule has 1 aromatic heterocycles. The third kappa shape index (κ3) is 0.901. The zero-order valence-corrected chi connectivity index (χ0v) is 10.4. The van der Waals surface area contributed by atoms with Crippen LogP contribution in [-0.4, -0.2) is 28.1 Å². The van der Waals surface area contributed by atoms with E-state index in [1.165, 1.54) is 0 Å². The summed E-state index contributed by atoms with van der Waals surface area (Å²) in [7, 11) is 0. The zero-order chi connectivity index (χ0) is 12.7. The Morgan fingerprint density at radius 3 is 3.06 bits per heavy atom. The average molecular weight is 242 g/mol. The van der Waals surface area contributed by atoms with Crippen LogP contribution in [0.1, 0.15) is 35.0 Å². The SMILES string of the molecule is CC(=O)N1C[C@H]2C[C@@]23C1=CC(=O)c1[nH]cc(C)c13. The summed E-state index contributed by atoms with van der Waals surface area (Å²) in [5.41, 5.74) is 3.89. The molecule has 0 unspecified atom stereocenters. The largest absolute Gasteiger partial charge is 0.358 e. The van der Waals surface area contributed by atoms with Crippen molar-refractivity contribution < 1.29 is 9.59 Å². The smallest absolute Gasteiger partial charge is 0.223 e. The van der Waals surface area contributed by atoms with Gasteiger partial charge in [0.1, 0.15) is 0 Å². The molecule has 0 aromatic carbocycles. The van der Waals surface area contributed by atoms with Crippen LogP contribution in [0.25, 0.3) is 0 Å². The highest BCUT2D eigenvalue weighted by molar-refractivity contribution is 6.08. The summed E-state index contributed by atoms with van der Waals surface area (Å²) in [6.07, 6.45) is 4.63. The number of carbonyl (C=O) groups is 2. The van der Waals surface area contributed by atoms with E-state index in [2.05, 4.69) is 4.98 Å². The van der Waals surface area contributed by atoms with Gasteiger partial charge >= 0.3 is 0 Å². The lowest BCUT2D eigenvalue weighted by molar-refractivity contribution is -0.126. The van der Waals surface area contributed by atoms with Crippen molar-refractivity contribution in [3.05, 3.63) is 34.8 Å². The maximum atomic E-state index is 12.1. The predicted molar refractivity (Wildman–Crippen MR) is 65.1 cm³/mol. The minimum Gasteiger partial charge on any atom is -0.358 e. The van der Waals surface area contributed by atoms with E-state index in [1.807, 2.05) is 13.1 Å². The number of hydrogen-bond acceptors (Lipinski definition) is 2. The van der Waals surface area contributed by atoms with Crippen LogP contribution in [0, 0.1) is 12.8 Å². The van der Waals surface area contributed by atoms with Crippen LogP contribution in [0.2, 0.25) is 0 Å². The number of aryl methyl sites for hydroxylation is 1. The van der Waals surface area contributed by atoms with Gasteiger partial charge in [-0.25, -0.2) is 0 Å². The fourth-order valence-corrected chi connectivity index (χ4v) is 3.85. The van der Waals surface area contributed by atoms with Crippen LogP contribution in [0.5, 0.6) is 0 Å². The van der Waals surface area contributed by atoms with Crippen LogP contribution in [0.4, 0.5) is 0 Å². The molecule has 1 saturated carbocycles. The molecular weight excluding hydrogens is 228 g/mol. The summed E-state index contributed by atoms with van der Waals surface area (Å²) < 4.78 is 0. The van der Waals surface area contributed by atoms with E-state index in [0.717, 1.165) is 35.5 Å². The Morgan fingerprint density at radius 2 is 2.33 bits per heavy atom. The Balaban J connectivity index is 1.96. The number of nitrogens with one attached hydrogen (secondary N) is 1. The van der Waals surface area contributed by atoms with Crippen LogP contribution >= 0.6 is 0 Å². The Bertz CT molecular complexity index is 640. The molecule has 0 bridgehead atoms. The van der Waals surface area contributed by atoms with Gasteiger partial charge in [0.25, 0.3) is 0 Å². The normalized spacial score (nSPS) is 31.7. The zero-order valence-electron chi connectivity index (χ0n) is 10.4. The number of likely N-dealkylation sites (tertiary alicyclic amines) is 1. The van der Waals surface area contributed by atoms with Crippen molar-refractivity contribution in [2.45, 2.75) is 25.7 Å². The van der Waals surface area contributed by atoms with E-state index in [1.54, 1.807) is 17.9 Å². The lowest BCUT2D eigenvalue weighted by atomic mass is 9.83. The maximum absolute atomic E-state index is 12.1. The van der Waals surface area contributed by atoms with Crippen molar-refractivity contribution >= 4 is 11.7 Å². The predicted octanol–water partition coefficient (Wildman–Crippen LogP) is 1.52. The van der Waals surface area contributed by atoms with E-state index in [9.17, 15) is 9.59 Å². The fourth-order valence-electron chi connectivity index (χ4n) is 3.85. The minimum atomic E-state index is -0.0427. The molecule has 3 aliphatic rings. The highest BCUT2D eigenvalue weighted by atomic mass is 16.2. The fraction of sp³-hybridized carbons (Fsp3) is 0.429.